The Morgan fingerprint density at radius 3 is 2.68 bits per heavy atom. The molecule has 1 aromatic carbocycles. The minimum atomic E-state index is 0.807. The van der Waals surface area contributed by atoms with Gasteiger partial charge in [-0.05, 0) is 45.1 Å². The van der Waals surface area contributed by atoms with Crippen LogP contribution in [0.1, 0.15) is 20.8 Å². The predicted molar refractivity (Wildman–Crippen MR) is 83.8 cm³/mol. The molecule has 0 unspecified atom stereocenters. The second-order valence-electron chi connectivity index (χ2n) is 4.95. The number of hydrogen-bond acceptors (Lipinski definition) is 2. The van der Waals surface area contributed by atoms with Crippen molar-refractivity contribution in [2.45, 2.75) is 20.8 Å². The Balaban J connectivity index is 2.38. The van der Waals surface area contributed by atoms with Gasteiger partial charge < -0.3 is 10.2 Å². The van der Waals surface area contributed by atoms with Gasteiger partial charge in [0.15, 0.2) is 0 Å². The summed E-state index contributed by atoms with van der Waals surface area (Å²) >= 11 is 6.43. The van der Waals surface area contributed by atoms with Crippen LogP contribution in [0.4, 0.5) is 11.4 Å². The molecule has 0 saturated heterocycles. The molecule has 3 heteroatoms. The molecule has 3 rings (SSSR count). The molecule has 2 aliphatic heterocycles. The van der Waals surface area contributed by atoms with Gasteiger partial charge in [-0.25, -0.2) is 0 Å². The fourth-order valence-corrected chi connectivity index (χ4v) is 2.97. The Labute approximate surface area is 118 Å². The number of hydrogen-bond donors (Lipinski definition) is 1. The third-order valence-electron chi connectivity index (χ3n) is 3.66. The van der Waals surface area contributed by atoms with E-state index in [0.29, 0.717) is 0 Å². The maximum absolute atomic E-state index is 6.43. The highest BCUT2D eigenvalue weighted by atomic mass is 35.5. The van der Waals surface area contributed by atoms with E-state index in [1.54, 1.807) is 0 Å². The first-order chi connectivity index (χ1) is 9.11. The molecule has 0 radical (unpaired) electrons. The normalized spacial score (nSPS) is 16.3. The minimum absolute atomic E-state index is 0.807. The second kappa shape index (κ2) is 4.46. The quantitative estimate of drug-likeness (QED) is 0.846. The summed E-state index contributed by atoms with van der Waals surface area (Å²) in [4.78, 5) is 2.31. The van der Waals surface area contributed by atoms with E-state index in [4.69, 9.17) is 11.6 Å². The number of rotatable bonds is 1. The second-order valence-corrected chi connectivity index (χ2v) is 5.35. The molecular formula is C16H17ClN2. The summed E-state index contributed by atoms with van der Waals surface area (Å²) in [5.41, 5.74) is 4.74. The molecule has 0 saturated carbocycles. The molecule has 0 bridgehead atoms. The molecule has 2 aliphatic rings. The van der Waals surface area contributed by atoms with Gasteiger partial charge in [0.1, 0.15) is 0 Å². The first kappa shape index (κ1) is 12.4. The van der Waals surface area contributed by atoms with E-state index in [0.717, 1.165) is 33.4 Å². The standard InChI is InChI=1S/C16H17ClN2/c1-4-19-11(3)6-8-13-14(17)9-12-7-5-10(2)18-15(12)16(13)19/h5-9,18H,4H2,1-3H3. The van der Waals surface area contributed by atoms with Crippen molar-refractivity contribution in [2.24, 2.45) is 0 Å². The van der Waals surface area contributed by atoms with Crippen LogP contribution in [0.3, 0.4) is 0 Å². The molecule has 0 atom stereocenters. The van der Waals surface area contributed by atoms with Crippen molar-refractivity contribution in [3.05, 3.63) is 45.1 Å². The molecular weight excluding hydrogens is 256 g/mol. The zero-order valence-electron chi connectivity index (χ0n) is 11.4. The van der Waals surface area contributed by atoms with Gasteiger partial charge in [-0.15, -0.1) is 0 Å². The van der Waals surface area contributed by atoms with Crippen molar-refractivity contribution in [1.82, 2.24) is 0 Å². The Morgan fingerprint density at radius 2 is 1.95 bits per heavy atom. The fraction of sp³-hybridized carbons (Fsp3) is 0.250. The number of fused-ring (bicyclic) bond motifs is 3. The Morgan fingerprint density at radius 1 is 1.16 bits per heavy atom. The van der Waals surface area contributed by atoms with Gasteiger partial charge in [0.05, 0.1) is 16.4 Å². The van der Waals surface area contributed by atoms with Crippen LogP contribution < -0.4 is 20.7 Å². The van der Waals surface area contributed by atoms with Crippen molar-refractivity contribution in [1.29, 1.82) is 0 Å². The molecule has 1 aromatic rings. The van der Waals surface area contributed by atoms with Crippen LogP contribution in [-0.4, -0.2) is 6.54 Å². The summed E-state index contributed by atoms with van der Waals surface area (Å²) in [6.45, 7) is 7.30. The largest absolute Gasteiger partial charge is 0.357 e. The van der Waals surface area contributed by atoms with Crippen LogP contribution in [0, 0.1) is 0 Å². The monoisotopic (exact) mass is 272 g/mol. The van der Waals surface area contributed by atoms with Gasteiger partial charge in [0.2, 0.25) is 0 Å². The highest BCUT2D eigenvalue weighted by Gasteiger charge is 2.19. The lowest BCUT2D eigenvalue weighted by molar-refractivity contribution is 0.944. The lowest BCUT2D eigenvalue weighted by Gasteiger charge is -2.31. The lowest BCUT2D eigenvalue weighted by Crippen LogP contribution is -2.33. The fourth-order valence-electron chi connectivity index (χ4n) is 2.70. The summed E-state index contributed by atoms with van der Waals surface area (Å²) in [6, 6.07) is 2.03. The van der Waals surface area contributed by atoms with E-state index in [-0.39, 0.29) is 0 Å². The number of nitrogens with one attached hydrogen (secondary N) is 1. The summed E-state index contributed by atoms with van der Waals surface area (Å²) in [5, 5.41) is 6.54. The average molecular weight is 273 g/mol. The lowest BCUT2D eigenvalue weighted by atomic mass is 10.0. The third kappa shape index (κ3) is 1.87. The van der Waals surface area contributed by atoms with Crippen molar-refractivity contribution >= 4 is 35.1 Å². The molecule has 2 nitrogen and oxygen atoms in total. The third-order valence-corrected chi connectivity index (χ3v) is 3.97. The Kier molecular flexibility index (Phi) is 2.90. The number of halogens is 1. The highest BCUT2D eigenvalue weighted by Crippen LogP contribution is 2.28. The van der Waals surface area contributed by atoms with Crippen molar-refractivity contribution in [2.75, 3.05) is 16.8 Å². The number of allylic oxidation sites excluding steroid dienone is 4. The topological polar surface area (TPSA) is 15.3 Å². The molecule has 98 valence electrons. The number of anilines is 2. The zero-order valence-corrected chi connectivity index (χ0v) is 12.2. The zero-order chi connectivity index (χ0) is 13.6. The van der Waals surface area contributed by atoms with Crippen LogP contribution in [-0.2, 0) is 0 Å². The molecule has 0 aliphatic carbocycles. The highest BCUT2D eigenvalue weighted by molar-refractivity contribution is 6.31. The van der Waals surface area contributed by atoms with Crippen LogP contribution in [0.2, 0.25) is 5.02 Å². The van der Waals surface area contributed by atoms with E-state index in [2.05, 4.69) is 55.3 Å². The maximum atomic E-state index is 6.43. The van der Waals surface area contributed by atoms with E-state index in [1.165, 1.54) is 11.4 Å². The van der Waals surface area contributed by atoms with Crippen LogP contribution in [0.25, 0.3) is 12.2 Å². The van der Waals surface area contributed by atoms with Gasteiger partial charge in [0, 0.05) is 28.4 Å². The smallest absolute Gasteiger partial charge is 0.0742 e. The van der Waals surface area contributed by atoms with Crippen LogP contribution in [0.5, 0.6) is 0 Å². The van der Waals surface area contributed by atoms with E-state index in [1.807, 2.05) is 6.07 Å². The van der Waals surface area contributed by atoms with Gasteiger partial charge in [0.25, 0.3) is 0 Å². The van der Waals surface area contributed by atoms with E-state index in [9.17, 15) is 0 Å². The van der Waals surface area contributed by atoms with Crippen molar-refractivity contribution in [3.63, 3.8) is 0 Å². The predicted octanol–water partition coefficient (Wildman–Crippen LogP) is 2.97. The summed E-state index contributed by atoms with van der Waals surface area (Å²) in [7, 11) is 0. The van der Waals surface area contributed by atoms with Gasteiger partial charge in [-0.1, -0.05) is 17.7 Å². The van der Waals surface area contributed by atoms with Crippen LogP contribution in [0.15, 0.2) is 29.6 Å². The van der Waals surface area contributed by atoms with Crippen LogP contribution >= 0.6 is 11.6 Å². The van der Waals surface area contributed by atoms with E-state index >= 15 is 0 Å². The molecule has 0 spiro atoms. The molecule has 19 heavy (non-hydrogen) atoms. The average Bonchev–Trinajstić information content (AvgIpc) is 2.39. The van der Waals surface area contributed by atoms with Gasteiger partial charge in [-0.3, -0.25) is 0 Å². The first-order valence-corrected chi connectivity index (χ1v) is 6.94. The SMILES string of the molecule is CCN1C(C)=CC=c2c(Cl)cc3c(c21)NC(C)=CC=3. The molecule has 0 fully saturated rings. The van der Waals surface area contributed by atoms with Crippen molar-refractivity contribution < 1.29 is 0 Å². The Hall–Kier alpha value is -1.67. The molecule has 1 N–H and O–H groups in total. The Bertz CT molecular complexity index is 726. The van der Waals surface area contributed by atoms with Gasteiger partial charge >= 0.3 is 0 Å². The van der Waals surface area contributed by atoms with Crippen molar-refractivity contribution in [3.8, 4) is 0 Å². The maximum Gasteiger partial charge on any atom is 0.0742 e. The summed E-state index contributed by atoms with van der Waals surface area (Å²) in [6.07, 6.45) is 8.43. The summed E-state index contributed by atoms with van der Waals surface area (Å²) < 4.78 is 0. The molecule has 0 amide bonds. The molecule has 0 aromatic heterocycles. The first-order valence-electron chi connectivity index (χ1n) is 6.56. The minimum Gasteiger partial charge on any atom is -0.357 e. The van der Waals surface area contributed by atoms with Gasteiger partial charge in [-0.2, -0.15) is 0 Å². The number of benzene rings is 1. The number of nitrogens with zero attached hydrogens (tertiary/aromatic N) is 1. The summed E-state index contributed by atoms with van der Waals surface area (Å²) in [5.74, 6) is 0. The molecule has 2 heterocycles. The van der Waals surface area contributed by atoms with E-state index < -0.39 is 0 Å².